The molecule has 0 heterocycles. The monoisotopic (exact) mass is 216 g/mol. The van der Waals surface area contributed by atoms with Crippen LogP contribution in [0.3, 0.4) is 0 Å². The fourth-order valence-corrected chi connectivity index (χ4v) is 1.01. The molecule has 0 aromatic heterocycles. The topological polar surface area (TPSA) is 64.3 Å². The minimum atomic E-state index is -0.403. The minimum absolute atomic E-state index is 0.266. The third-order valence-electron chi connectivity index (χ3n) is 2.38. The summed E-state index contributed by atoms with van der Waals surface area (Å²) >= 11 is 0. The van der Waals surface area contributed by atoms with Crippen molar-refractivity contribution in [3.63, 3.8) is 0 Å². The van der Waals surface area contributed by atoms with Gasteiger partial charge in [0.1, 0.15) is 6.61 Å². The third-order valence-corrected chi connectivity index (χ3v) is 2.38. The standard InChI is InChI=1S/C11H24N2O2/c1-6-11(12,7-2)8-15-9(14)13-10(3,4)5/h6-8,12H2,1-5H3,(H,13,14). The second-order valence-corrected chi connectivity index (χ2v) is 5.02. The van der Waals surface area contributed by atoms with Gasteiger partial charge in [-0.05, 0) is 33.6 Å². The predicted molar refractivity (Wildman–Crippen MR) is 61.7 cm³/mol. The summed E-state index contributed by atoms with van der Waals surface area (Å²) in [5, 5.41) is 2.72. The van der Waals surface area contributed by atoms with Crippen LogP contribution in [0.25, 0.3) is 0 Å². The molecule has 0 radical (unpaired) electrons. The van der Waals surface area contributed by atoms with E-state index in [1.54, 1.807) is 0 Å². The van der Waals surface area contributed by atoms with Crippen LogP contribution in [-0.2, 0) is 4.74 Å². The van der Waals surface area contributed by atoms with Gasteiger partial charge in [0.2, 0.25) is 0 Å². The number of rotatable bonds is 4. The Labute approximate surface area is 92.6 Å². The van der Waals surface area contributed by atoms with E-state index in [-0.39, 0.29) is 12.1 Å². The normalized spacial score (nSPS) is 12.4. The van der Waals surface area contributed by atoms with E-state index in [1.165, 1.54) is 0 Å². The van der Waals surface area contributed by atoms with Crippen LogP contribution in [0, 0.1) is 0 Å². The lowest BCUT2D eigenvalue weighted by molar-refractivity contribution is 0.106. The van der Waals surface area contributed by atoms with Crippen LogP contribution in [0.5, 0.6) is 0 Å². The Hall–Kier alpha value is -0.770. The number of carbonyl (C=O) groups is 1. The summed E-state index contributed by atoms with van der Waals surface area (Å²) in [7, 11) is 0. The smallest absolute Gasteiger partial charge is 0.407 e. The number of ether oxygens (including phenoxy) is 1. The highest BCUT2D eigenvalue weighted by atomic mass is 16.5. The molecule has 0 aromatic rings. The van der Waals surface area contributed by atoms with Gasteiger partial charge in [0.15, 0.2) is 0 Å². The van der Waals surface area contributed by atoms with Gasteiger partial charge in [0.25, 0.3) is 0 Å². The van der Waals surface area contributed by atoms with Gasteiger partial charge in [-0.3, -0.25) is 0 Å². The number of amides is 1. The Morgan fingerprint density at radius 2 is 1.73 bits per heavy atom. The summed E-state index contributed by atoms with van der Waals surface area (Å²) < 4.78 is 5.09. The molecule has 90 valence electrons. The molecule has 4 nitrogen and oxygen atoms in total. The van der Waals surface area contributed by atoms with Crippen LogP contribution in [0.4, 0.5) is 4.79 Å². The van der Waals surface area contributed by atoms with Crippen molar-refractivity contribution in [1.29, 1.82) is 0 Å². The Kier molecular flexibility index (Phi) is 5.08. The molecule has 0 spiro atoms. The van der Waals surface area contributed by atoms with Crippen molar-refractivity contribution in [1.82, 2.24) is 5.32 Å². The fourth-order valence-electron chi connectivity index (χ4n) is 1.01. The van der Waals surface area contributed by atoms with Gasteiger partial charge in [0.05, 0.1) is 0 Å². The highest BCUT2D eigenvalue weighted by molar-refractivity contribution is 5.68. The molecule has 0 rings (SSSR count). The fraction of sp³-hybridized carbons (Fsp3) is 0.909. The van der Waals surface area contributed by atoms with Crippen molar-refractivity contribution >= 4 is 6.09 Å². The SMILES string of the molecule is CCC(N)(CC)COC(=O)NC(C)(C)C. The van der Waals surface area contributed by atoms with E-state index in [1.807, 2.05) is 34.6 Å². The van der Waals surface area contributed by atoms with Gasteiger partial charge in [0, 0.05) is 11.1 Å². The molecule has 0 aliphatic heterocycles. The van der Waals surface area contributed by atoms with E-state index in [0.29, 0.717) is 0 Å². The van der Waals surface area contributed by atoms with E-state index in [4.69, 9.17) is 10.5 Å². The molecule has 0 aliphatic rings. The summed E-state index contributed by atoms with van der Waals surface area (Å²) in [4.78, 5) is 11.3. The van der Waals surface area contributed by atoms with Crippen molar-refractivity contribution in [2.24, 2.45) is 5.73 Å². The summed E-state index contributed by atoms with van der Waals surface area (Å²) in [6.45, 7) is 9.97. The molecular formula is C11H24N2O2. The van der Waals surface area contributed by atoms with Crippen molar-refractivity contribution < 1.29 is 9.53 Å². The van der Waals surface area contributed by atoms with Gasteiger partial charge in [-0.1, -0.05) is 13.8 Å². The zero-order valence-electron chi connectivity index (χ0n) is 10.5. The second-order valence-electron chi connectivity index (χ2n) is 5.02. The lowest BCUT2D eigenvalue weighted by atomic mass is 9.96. The van der Waals surface area contributed by atoms with E-state index < -0.39 is 11.6 Å². The molecule has 0 unspecified atom stereocenters. The zero-order chi connectivity index (χ0) is 12.1. The molecule has 0 saturated carbocycles. The molecule has 0 saturated heterocycles. The summed E-state index contributed by atoms with van der Waals surface area (Å²) in [5.41, 5.74) is 5.34. The van der Waals surface area contributed by atoms with Gasteiger partial charge >= 0.3 is 6.09 Å². The van der Waals surface area contributed by atoms with Crippen LogP contribution in [0.1, 0.15) is 47.5 Å². The first kappa shape index (κ1) is 14.2. The number of nitrogens with one attached hydrogen (secondary N) is 1. The summed E-state index contributed by atoms with van der Waals surface area (Å²) in [5.74, 6) is 0. The molecule has 0 atom stereocenters. The van der Waals surface area contributed by atoms with Crippen molar-refractivity contribution in [3.8, 4) is 0 Å². The lowest BCUT2D eigenvalue weighted by Gasteiger charge is -2.27. The molecule has 1 amide bonds. The second kappa shape index (κ2) is 5.35. The number of hydrogen-bond donors (Lipinski definition) is 2. The average Bonchev–Trinajstić information content (AvgIpc) is 2.12. The number of carbonyl (C=O) groups excluding carboxylic acids is 1. The zero-order valence-corrected chi connectivity index (χ0v) is 10.5. The van der Waals surface area contributed by atoms with E-state index in [2.05, 4.69) is 5.32 Å². The van der Waals surface area contributed by atoms with E-state index in [0.717, 1.165) is 12.8 Å². The number of hydrogen-bond acceptors (Lipinski definition) is 3. The molecule has 3 N–H and O–H groups in total. The predicted octanol–water partition coefficient (Wildman–Crippen LogP) is 2.03. The molecule has 0 bridgehead atoms. The first-order chi connectivity index (χ1) is 6.72. The summed E-state index contributed by atoms with van der Waals surface area (Å²) in [6, 6.07) is 0. The van der Waals surface area contributed by atoms with Crippen molar-refractivity contribution in [3.05, 3.63) is 0 Å². The van der Waals surface area contributed by atoms with Crippen LogP contribution in [0.15, 0.2) is 0 Å². The first-order valence-corrected chi connectivity index (χ1v) is 5.46. The molecule has 4 heteroatoms. The van der Waals surface area contributed by atoms with Gasteiger partial charge in [-0.15, -0.1) is 0 Å². The lowest BCUT2D eigenvalue weighted by Crippen LogP contribution is -2.47. The maximum atomic E-state index is 11.3. The Morgan fingerprint density at radius 1 is 1.27 bits per heavy atom. The minimum Gasteiger partial charge on any atom is -0.448 e. The highest BCUT2D eigenvalue weighted by Gasteiger charge is 2.23. The molecule has 15 heavy (non-hydrogen) atoms. The van der Waals surface area contributed by atoms with Crippen LogP contribution >= 0.6 is 0 Å². The van der Waals surface area contributed by atoms with Crippen LogP contribution in [0.2, 0.25) is 0 Å². The third kappa shape index (κ3) is 6.33. The Balaban J connectivity index is 4.00. The van der Waals surface area contributed by atoms with Crippen molar-refractivity contribution in [2.45, 2.75) is 58.5 Å². The van der Waals surface area contributed by atoms with Gasteiger partial charge in [-0.25, -0.2) is 4.79 Å². The van der Waals surface area contributed by atoms with E-state index in [9.17, 15) is 4.79 Å². The van der Waals surface area contributed by atoms with E-state index >= 15 is 0 Å². The molecule has 0 aliphatic carbocycles. The highest BCUT2D eigenvalue weighted by Crippen LogP contribution is 2.11. The quantitative estimate of drug-likeness (QED) is 0.755. The average molecular weight is 216 g/mol. The Morgan fingerprint density at radius 3 is 2.07 bits per heavy atom. The number of alkyl carbamates (subject to hydrolysis) is 1. The van der Waals surface area contributed by atoms with Crippen molar-refractivity contribution in [2.75, 3.05) is 6.61 Å². The Bertz CT molecular complexity index is 205. The largest absolute Gasteiger partial charge is 0.448 e. The number of nitrogens with two attached hydrogens (primary N) is 1. The van der Waals surface area contributed by atoms with Crippen LogP contribution < -0.4 is 11.1 Å². The maximum Gasteiger partial charge on any atom is 0.407 e. The van der Waals surface area contributed by atoms with Gasteiger partial charge in [-0.2, -0.15) is 0 Å². The first-order valence-electron chi connectivity index (χ1n) is 5.46. The molecule has 0 fully saturated rings. The molecule has 0 aromatic carbocycles. The molecular weight excluding hydrogens is 192 g/mol. The van der Waals surface area contributed by atoms with Crippen LogP contribution in [-0.4, -0.2) is 23.8 Å². The van der Waals surface area contributed by atoms with Gasteiger partial charge < -0.3 is 15.8 Å². The maximum absolute atomic E-state index is 11.3. The summed E-state index contributed by atoms with van der Waals surface area (Å²) in [6.07, 6.45) is 1.19.